The van der Waals surface area contributed by atoms with E-state index in [0.717, 1.165) is 16.8 Å². The first kappa shape index (κ1) is 19.2. The first-order valence-corrected chi connectivity index (χ1v) is 7.20. The Morgan fingerprint density at radius 3 is 2.50 bits per heavy atom. The molecule has 0 fully saturated rings. The zero-order chi connectivity index (χ0) is 19.5. The van der Waals surface area contributed by atoms with E-state index in [-0.39, 0.29) is 11.3 Å². The molecule has 1 aromatic carbocycles. The molecule has 4 N–H and O–H groups in total. The summed E-state index contributed by atoms with van der Waals surface area (Å²) in [5, 5.41) is 19.3. The smallest absolute Gasteiger partial charge is 0.425 e. The maximum Gasteiger partial charge on any atom is 0.425 e. The number of imidazole rings is 1. The predicted molar refractivity (Wildman–Crippen MR) is 81.5 cm³/mol. The van der Waals surface area contributed by atoms with Gasteiger partial charge in [0.25, 0.3) is 5.91 Å². The Hall–Kier alpha value is -3.08. The third-order valence-corrected chi connectivity index (χ3v) is 3.50. The minimum atomic E-state index is -5.18. The SMILES string of the molecule is Cn1ccnc1[C@](O)(CC(=O)NNC(=O)c1cccc(O)c1)C(F)(F)F. The standard InChI is InChI=1S/C15H15F3N4O4/c1-22-6-5-19-13(22)14(26,15(16,17)18)8-11(24)20-21-12(25)9-3-2-4-10(23)7-9/h2-7,23,26H,8H2,1H3,(H,20,24)(H,21,25)/t14-/m1/s1. The summed E-state index contributed by atoms with van der Waals surface area (Å²) in [6.07, 6.45) is -4.36. The molecular weight excluding hydrogens is 357 g/mol. The second kappa shape index (κ2) is 7.04. The number of amides is 2. The second-order valence-electron chi connectivity index (χ2n) is 5.45. The number of nitrogens with zero attached hydrogens (tertiary/aromatic N) is 2. The number of benzene rings is 1. The fourth-order valence-electron chi connectivity index (χ4n) is 2.19. The number of hydrogen-bond acceptors (Lipinski definition) is 5. The highest BCUT2D eigenvalue weighted by Crippen LogP contribution is 2.40. The molecule has 1 aromatic heterocycles. The molecule has 1 heterocycles. The monoisotopic (exact) mass is 372 g/mol. The third-order valence-electron chi connectivity index (χ3n) is 3.50. The highest BCUT2D eigenvalue weighted by atomic mass is 19.4. The molecule has 0 unspecified atom stereocenters. The van der Waals surface area contributed by atoms with Crippen LogP contribution in [0.4, 0.5) is 13.2 Å². The number of aliphatic hydroxyl groups is 1. The number of hydrazine groups is 1. The lowest BCUT2D eigenvalue weighted by Gasteiger charge is -2.29. The molecule has 11 heteroatoms. The van der Waals surface area contributed by atoms with Gasteiger partial charge in [-0.3, -0.25) is 20.4 Å². The van der Waals surface area contributed by atoms with E-state index < -0.39 is 35.8 Å². The van der Waals surface area contributed by atoms with Crippen molar-refractivity contribution in [3.63, 3.8) is 0 Å². The van der Waals surface area contributed by atoms with Crippen LogP contribution in [0, 0.1) is 0 Å². The maximum atomic E-state index is 13.3. The summed E-state index contributed by atoms with van der Waals surface area (Å²) in [4.78, 5) is 27.1. The van der Waals surface area contributed by atoms with Crippen LogP contribution in [-0.4, -0.2) is 37.8 Å². The van der Waals surface area contributed by atoms with Crippen LogP contribution < -0.4 is 10.9 Å². The first-order valence-electron chi connectivity index (χ1n) is 7.20. The summed E-state index contributed by atoms with van der Waals surface area (Å²) in [5.74, 6) is -3.12. The van der Waals surface area contributed by atoms with Crippen molar-refractivity contribution < 1.29 is 33.0 Å². The van der Waals surface area contributed by atoms with Crippen molar-refractivity contribution in [2.24, 2.45) is 7.05 Å². The van der Waals surface area contributed by atoms with Gasteiger partial charge in [0.15, 0.2) is 5.82 Å². The molecule has 2 rings (SSSR count). The summed E-state index contributed by atoms with van der Waals surface area (Å²) in [6, 6.07) is 5.10. The molecule has 0 aliphatic heterocycles. The number of carbonyl (C=O) groups is 2. The molecule has 0 radical (unpaired) electrons. The van der Waals surface area contributed by atoms with Gasteiger partial charge in [-0.1, -0.05) is 6.07 Å². The lowest BCUT2D eigenvalue weighted by atomic mass is 9.97. The molecule has 0 aliphatic rings. The maximum absolute atomic E-state index is 13.3. The number of halogens is 3. The number of alkyl halides is 3. The predicted octanol–water partition coefficient (Wildman–Crippen LogP) is 0.727. The van der Waals surface area contributed by atoms with Gasteiger partial charge >= 0.3 is 6.18 Å². The number of nitrogens with one attached hydrogen (secondary N) is 2. The van der Waals surface area contributed by atoms with E-state index in [4.69, 9.17) is 0 Å². The molecule has 0 bridgehead atoms. The van der Waals surface area contributed by atoms with E-state index >= 15 is 0 Å². The molecule has 0 saturated heterocycles. The molecule has 140 valence electrons. The van der Waals surface area contributed by atoms with Crippen molar-refractivity contribution in [3.05, 3.63) is 48.0 Å². The van der Waals surface area contributed by atoms with Crippen molar-refractivity contribution in [2.45, 2.75) is 18.2 Å². The van der Waals surface area contributed by atoms with E-state index in [9.17, 15) is 33.0 Å². The topological polar surface area (TPSA) is 116 Å². The second-order valence-corrected chi connectivity index (χ2v) is 5.45. The third kappa shape index (κ3) is 3.94. The lowest BCUT2D eigenvalue weighted by Crippen LogP contribution is -2.50. The summed E-state index contributed by atoms with van der Waals surface area (Å²) < 4.78 is 40.9. The van der Waals surface area contributed by atoms with Gasteiger partial charge < -0.3 is 14.8 Å². The van der Waals surface area contributed by atoms with E-state index in [0.29, 0.717) is 0 Å². The molecule has 1 atom stereocenters. The van der Waals surface area contributed by atoms with Crippen LogP contribution in [0.25, 0.3) is 0 Å². The molecule has 26 heavy (non-hydrogen) atoms. The molecule has 0 spiro atoms. The Morgan fingerprint density at radius 2 is 1.96 bits per heavy atom. The van der Waals surface area contributed by atoms with Crippen molar-refractivity contribution >= 4 is 11.8 Å². The zero-order valence-electron chi connectivity index (χ0n) is 13.4. The Balaban J connectivity index is 2.09. The van der Waals surface area contributed by atoms with Crippen LogP contribution in [0.15, 0.2) is 36.7 Å². The number of aryl methyl sites for hydroxylation is 1. The quantitative estimate of drug-likeness (QED) is 0.591. The highest BCUT2D eigenvalue weighted by molar-refractivity contribution is 5.95. The summed E-state index contributed by atoms with van der Waals surface area (Å²) >= 11 is 0. The number of hydrogen-bond donors (Lipinski definition) is 4. The summed E-state index contributed by atoms with van der Waals surface area (Å²) in [5.41, 5.74) is 0.133. The largest absolute Gasteiger partial charge is 0.508 e. The Labute approximate surface area is 145 Å². The lowest BCUT2D eigenvalue weighted by molar-refractivity contribution is -0.271. The van der Waals surface area contributed by atoms with Gasteiger partial charge in [0.05, 0.1) is 6.42 Å². The van der Waals surface area contributed by atoms with E-state index in [1.165, 1.54) is 31.4 Å². The van der Waals surface area contributed by atoms with Crippen molar-refractivity contribution in [2.75, 3.05) is 0 Å². The number of carbonyl (C=O) groups excluding carboxylic acids is 2. The highest BCUT2D eigenvalue weighted by Gasteiger charge is 2.58. The fraction of sp³-hybridized carbons (Fsp3) is 0.267. The summed E-state index contributed by atoms with van der Waals surface area (Å²) in [6.45, 7) is 0. The van der Waals surface area contributed by atoms with Gasteiger partial charge in [0.1, 0.15) is 5.75 Å². The molecule has 0 aliphatic carbocycles. The Morgan fingerprint density at radius 1 is 1.27 bits per heavy atom. The van der Waals surface area contributed by atoms with Gasteiger partial charge in [-0.15, -0.1) is 0 Å². The summed E-state index contributed by atoms with van der Waals surface area (Å²) in [7, 11) is 1.24. The van der Waals surface area contributed by atoms with Gasteiger partial charge in [0.2, 0.25) is 11.5 Å². The van der Waals surface area contributed by atoms with Gasteiger partial charge in [-0.05, 0) is 18.2 Å². The normalized spacial score (nSPS) is 13.7. The van der Waals surface area contributed by atoms with Gasteiger partial charge in [-0.2, -0.15) is 13.2 Å². The zero-order valence-corrected chi connectivity index (χ0v) is 13.4. The Bertz CT molecular complexity index is 821. The minimum absolute atomic E-state index is 0.0273. The number of aromatic nitrogens is 2. The number of rotatable bonds is 4. The first-order chi connectivity index (χ1) is 12.0. The van der Waals surface area contributed by atoms with E-state index in [1.54, 1.807) is 5.43 Å². The van der Waals surface area contributed by atoms with Crippen LogP contribution >= 0.6 is 0 Å². The molecule has 2 aromatic rings. The van der Waals surface area contributed by atoms with Gasteiger partial charge in [-0.25, -0.2) is 4.98 Å². The van der Waals surface area contributed by atoms with Crippen LogP contribution in [0.2, 0.25) is 0 Å². The van der Waals surface area contributed by atoms with Crippen molar-refractivity contribution in [3.8, 4) is 5.75 Å². The molecule has 8 nitrogen and oxygen atoms in total. The van der Waals surface area contributed by atoms with Crippen LogP contribution in [0.5, 0.6) is 5.75 Å². The van der Waals surface area contributed by atoms with Crippen molar-refractivity contribution in [1.29, 1.82) is 0 Å². The molecule has 0 saturated carbocycles. The van der Waals surface area contributed by atoms with Crippen LogP contribution in [-0.2, 0) is 17.4 Å². The van der Waals surface area contributed by atoms with E-state index in [2.05, 4.69) is 4.98 Å². The molecular formula is C15H15F3N4O4. The Kier molecular flexibility index (Phi) is 5.21. The molecule has 2 amide bonds. The fourth-order valence-corrected chi connectivity index (χ4v) is 2.19. The minimum Gasteiger partial charge on any atom is -0.508 e. The average Bonchev–Trinajstić information content (AvgIpc) is 2.98. The van der Waals surface area contributed by atoms with Crippen LogP contribution in [0.3, 0.4) is 0 Å². The average molecular weight is 372 g/mol. The number of phenols is 1. The van der Waals surface area contributed by atoms with Gasteiger partial charge in [0, 0.05) is 25.0 Å². The number of phenolic OH excluding ortho intramolecular Hbond substituents is 1. The van der Waals surface area contributed by atoms with E-state index in [1.807, 2.05) is 5.43 Å². The number of aromatic hydroxyl groups is 1. The van der Waals surface area contributed by atoms with Crippen molar-refractivity contribution in [1.82, 2.24) is 20.4 Å². The van der Waals surface area contributed by atoms with Crippen LogP contribution in [0.1, 0.15) is 22.6 Å².